The van der Waals surface area contributed by atoms with Gasteiger partial charge in [0.25, 0.3) is 0 Å². The monoisotopic (exact) mass is 448 g/mol. The van der Waals surface area contributed by atoms with Gasteiger partial charge >= 0.3 is 6.09 Å². The molecule has 8 heteroatoms. The summed E-state index contributed by atoms with van der Waals surface area (Å²) in [5.41, 5.74) is 9.89. The molecule has 3 N–H and O–H groups in total. The van der Waals surface area contributed by atoms with E-state index in [2.05, 4.69) is 27.0 Å². The van der Waals surface area contributed by atoms with E-state index in [0.717, 1.165) is 72.4 Å². The number of carbonyl (C=O) groups is 2. The molecule has 0 spiro atoms. The molecule has 5 rings (SSSR count). The molecule has 0 unspecified atom stereocenters. The van der Waals surface area contributed by atoms with Gasteiger partial charge in [-0.25, -0.2) is 4.79 Å². The van der Waals surface area contributed by atoms with Crippen molar-refractivity contribution < 1.29 is 19.1 Å². The number of ether oxygens (including phenoxy) is 2. The van der Waals surface area contributed by atoms with Gasteiger partial charge in [0.15, 0.2) is 0 Å². The minimum atomic E-state index is -0.416. The van der Waals surface area contributed by atoms with Crippen molar-refractivity contribution in [2.24, 2.45) is 5.73 Å². The molecule has 33 heavy (non-hydrogen) atoms. The fraction of sp³-hybridized carbons (Fsp3) is 0.360. The average Bonchev–Trinajstić information content (AvgIpc) is 3.25. The second kappa shape index (κ2) is 8.78. The number of anilines is 1. The Bertz CT molecular complexity index is 1210. The fourth-order valence-electron chi connectivity index (χ4n) is 4.90. The third kappa shape index (κ3) is 4.26. The Morgan fingerprint density at radius 1 is 1.21 bits per heavy atom. The van der Waals surface area contributed by atoms with Gasteiger partial charge in [-0.2, -0.15) is 0 Å². The lowest BCUT2D eigenvalue weighted by Gasteiger charge is -2.33. The summed E-state index contributed by atoms with van der Waals surface area (Å²) >= 11 is 0. The maximum absolute atomic E-state index is 11.6. The van der Waals surface area contributed by atoms with Crippen molar-refractivity contribution in [3.8, 4) is 5.75 Å². The summed E-state index contributed by atoms with van der Waals surface area (Å²) in [6, 6.07) is 12.1. The van der Waals surface area contributed by atoms with Gasteiger partial charge in [0.2, 0.25) is 5.91 Å². The van der Waals surface area contributed by atoms with Crippen molar-refractivity contribution in [2.45, 2.75) is 31.9 Å². The second-order valence-electron chi connectivity index (χ2n) is 8.71. The lowest BCUT2D eigenvalue weighted by Crippen LogP contribution is -2.36. The second-order valence-corrected chi connectivity index (χ2v) is 8.71. The van der Waals surface area contributed by atoms with Gasteiger partial charge in [0.1, 0.15) is 12.4 Å². The number of amides is 2. The number of fused-ring (bicyclic) bond motifs is 2. The van der Waals surface area contributed by atoms with Crippen molar-refractivity contribution >= 4 is 28.6 Å². The molecule has 2 aliphatic rings. The summed E-state index contributed by atoms with van der Waals surface area (Å²) in [7, 11) is 1.67. The first-order valence-electron chi connectivity index (χ1n) is 11.3. The molecule has 1 saturated heterocycles. The van der Waals surface area contributed by atoms with Crippen LogP contribution in [0.3, 0.4) is 0 Å². The van der Waals surface area contributed by atoms with E-state index in [1.807, 2.05) is 24.3 Å². The van der Waals surface area contributed by atoms with Gasteiger partial charge in [-0.3, -0.25) is 10.1 Å². The van der Waals surface area contributed by atoms with E-state index in [-0.39, 0.29) is 6.61 Å². The Morgan fingerprint density at radius 3 is 2.79 bits per heavy atom. The number of hydrogen-bond acceptors (Lipinski definition) is 5. The topological polar surface area (TPSA) is 98.8 Å². The quantitative estimate of drug-likeness (QED) is 0.599. The van der Waals surface area contributed by atoms with Crippen LogP contribution in [0.15, 0.2) is 42.6 Å². The molecule has 1 aromatic heterocycles. The van der Waals surface area contributed by atoms with Crippen LogP contribution in [0.25, 0.3) is 10.9 Å². The number of aromatic nitrogens is 1. The number of methoxy groups -OCH3 is 1. The number of nitrogens with one attached hydrogen (secondary N) is 1. The third-order valence-corrected chi connectivity index (χ3v) is 6.76. The molecule has 3 heterocycles. The zero-order chi connectivity index (χ0) is 22.9. The van der Waals surface area contributed by atoms with E-state index in [9.17, 15) is 9.59 Å². The van der Waals surface area contributed by atoms with Crippen LogP contribution in [0.2, 0.25) is 0 Å². The number of benzene rings is 2. The number of cyclic esters (lactones) is 1. The van der Waals surface area contributed by atoms with Gasteiger partial charge in [0.05, 0.1) is 12.8 Å². The molecular weight excluding hydrogens is 420 g/mol. The van der Waals surface area contributed by atoms with E-state index in [1.54, 1.807) is 13.2 Å². The van der Waals surface area contributed by atoms with E-state index < -0.39 is 12.0 Å². The number of nitrogens with zero attached hydrogens (tertiary/aromatic N) is 2. The zero-order valence-corrected chi connectivity index (χ0v) is 18.7. The van der Waals surface area contributed by atoms with Crippen LogP contribution in [-0.2, 0) is 17.8 Å². The van der Waals surface area contributed by atoms with Crippen molar-refractivity contribution in [2.75, 3.05) is 32.1 Å². The average molecular weight is 449 g/mol. The highest BCUT2D eigenvalue weighted by Crippen LogP contribution is 2.32. The van der Waals surface area contributed by atoms with Crippen LogP contribution in [0.4, 0.5) is 10.5 Å². The van der Waals surface area contributed by atoms with Crippen LogP contribution >= 0.6 is 0 Å². The molecule has 0 aliphatic carbocycles. The lowest BCUT2D eigenvalue weighted by molar-refractivity contribution is 0.1000. The van der Waals surface area contributed by atoms with Crippen LogP contribution in [-0.4, -0.2) is 48.2 Å². The van der Waals surface area contributed by atoms with Crippen LogP contribution in [0.5, 0.6) is 5.75 Å². The van der Waals surface area contributed by atoms with E-state index in [0.29, 0.717) is 11.6 Å². The largest absolute Gasteiger partial charge is 0.496 e. The van der Waals surface area contributed by atoms with Gasteiger partial charge in [0, 0.05) is 48.5 Å². The highest BCUT2D eigenvalue weighted by molar-refractivity contribution is 5.97. The SMILES string of the molecule is COc1cc2c(cc1CCN1CCC(n3ccc4ccc(C(N)=O)cc43)CC1)NC(=O)OC2. The maximum atomic E-state index is 11.6. The maximum Gasteiger partial charge on any atom is 0.411 e. The number of hydrogen-bond donors (Lipinski definition) is 2. The fourth-order valence-corrected chi connectivity index (χ4v) is 4.90. The van der Waals surface area contributed by atoms with E-state index in [4.69, 9.17) is 15.2 Å². The number of likely N-dealkylation sites (tertiary alicyclic amines) is 1. The molecule has 0 atom stereocenters. The summed E-state index contributed by atoms with van der Waals surface area (Å²) in [5, 5.41) is 3.90. The molecule has 2 amide bonds. The normalized spacial score (nSPS) is 16.8. The molecule has 172 valence electrons. The van der Waals surface area contributed by atoms with Gasteiger partial charge in [-0.15, -0.1) is 0 Å². The molecule has 0 radical (unpaired) electrons. The predicted octanol–water partition coefficient (Wildman–Crippen LogP) is 3.69. The minimum Gasteiger partial charge on any atom is -0.496 e. The van der Waals surface area contributed by atoms with Crippen LogP contribution in [0, 0.1) is 0 Å². The number of carbonyl (C=O) groups excluding carboxylic acids is 2. The first kappa shape index (κ1) is 21.3. The Labute approximate surface area is 192 Å². The van der Waals surface area contributed by atoms with Crippen LogP contribution < -0.4 is 15.8 Å². The van der Waals surface area contributed by atoms with Crippen molar-refractivity contribution in [1.82, 2.24) is 9.47 Å². The highest BCUT2D eigenvalue weighted by Gasteiger charge is 2.23. The Balaban J connectivity index is 1.23. The van der Waals surface area contributed by atoms with Gasteiger partial charge < -0.3 is 24.7 Å². The molecular formula is C25H28N4O4. The van der Waals surface area contributed by atoms with Crippen molar-refractivity contribution in [3.05, 3.63) is 59.3 Å². The Hall–Kier alpha value is -3.52. The van der Waals surface area contributed by atoms with E-state index >= 15 is 0 Å². The van der Waals surface area contributed by atoms with Crippen molar-refractivity contribution in [1.29, 1.82) is 0 Å². The van der Waals surface area contributed by atoms with E-state index in [1.165, 1.54) is 0 Å². The standard InChI is InChI=1S/C25H28N4O4/c1-32-23-14-19-15-33-25(31)27-21(19)12-17(23)4-8-28-9-6-20(7-10-28)29-11-5-16-2-3-18(24(26)30)13-22(16)29/h2-3,5,11-14,20H,4,6-10,15H2,1H3,(H2,26,30)(H,27,31). The molecule has 0 bridgehead atoms. The molecule has 3 aromatic rings. The summed E-state index contributed by atoms with van der Waals surface area (Å²) in [6.45, 7) is 3.18. The number of piperidine rings is 1. The lowest BCUT2D eigenvalue weighted by atomic mass is 10.0. The smallest absolute Gasteiger partial charge is 0.411 e. The Morgan fingerprint density at radius 2 is 2.03 bits per heavy atom. The third-order valence-electron chi connectivity index (χ3n) is 6.76. The van der Waals surface area contributed by atoms with Crippen molar-refractivity contribution in [3.63, 3.8) is 0 Å². The van der Waals surface area contributed by atoms with Gasteiger partial charge in [-0.05, 0) is 60.5 Å². The first-order valence-corrected chi connectivity index (χ1v) is 11.3. The molecule has 2 aliphatic heterocycles. The summed E-state index contributed by atoms with van der Waals surface area (Å²) in [4.78, 5) is 25.6. The number of rotatable bonds is 6. The molecule has 1 fully saturated rings. The van der Waals surface area contributed by atoms with Gasteiger partial charge in [-0.1, -0.05) is 6.07 Å². The Kier molecular flexibility index (Phi) is 5.68. The first-order chi connectivity index (χ1) is 16.0. The molecule has 8 nitrogen and oxygen atoms in total. The summed E-state index contributed by atoms with van der Waals surface area (Å²) in [5.74, 6) is 0.427. The van der Waals surface area contributed by atoms with Crippen LogP contribution in [0.1, 0.15) is 40.4 Å². The zero-order valence-electron chi connectivity index (χ0n) is 18.7. The number of nitrogens with two attached hydrogens (primary N) is 1. The highest BCUT2D eigenvalue weighted by atomic mass is 16.5. The minimum absolute atomic E-state index is 0.264. The molecule has 0 saturated carbocycles. The number of primary amides is 1. The molecule has 2 aromatic carbocycles. The summed E-state index contributed by atoms with van der Waals surface area (Å²) in [6.07, 6.45) is 4.62. The summed E-state index contributed by atoms with van der Waals surface area (Å²) < 4.78 is 12.9. The predicted molar refractivity (Wildman–Crippen MR) is 126 cm³/mol.